The molecular weight excluding hydrogens is 372 g/mol. The average molecular weight is 396 g/mol. The average Bonchev–Trinajstić information content (AvgIpc) is 3.09. The van der Waals surface area contributed by atoms with Crippen molar-refractivity contribution < 1.29 is 14.6 Å². The fraction of sp³-hybridized carbons (Fsp3) is 0.300. The summed E-state index contributed by atoms with van der Waals surface area (Å²) in [4.78, 5) is 19.6. The summed E-state index contributed by atoms with van der Waals surface area (Å²) in [7, 11) is 0. The topological polar surface area (TPSA) is 128 Å². The molecule has 0 saturated carbocycles. The third-order valence-corrected chi connectivity index (χ3v) is 3.97. The van der Waals surface area contributed by atoms with E-state index in [1.807, 2.05) is 39.0 Å². The number of rotatable bonds is 8. The molecule has 152 valence electrons. The van der Waals surface area contributed by atoms with Gasteiger partial charge in [-0.25, -0.2) is 4.98 Å². The number of primary amides is 1. The summed E-state index contributed by atoms with van der Waals surface area (Å²) in [5.74, 6) is 0.146. The summed E-state index contributed by atoms with van der Waals surface area (Å²) in [5.41, 5.74) is 8.69. The summed E-state index contributed by atoms with van der Waals surface area (Å²) >= 11 is 0. The van der Waals surface area contributed by atoms with Crippen molar-refractivity contribution in [2.45, 2.75) is 39.5 Å². The number of aliphatic hydroxyl groups is 1. The minimum Gasteiger partial charge on any atom is -0.475 e. The van der Waals surface area contributed by atoms with E-state index in [1.54, 1.807) is 24.7 Å². The predicted molar refractivity (Wildman–Crippen MR) is 109 cm³/mol. The number of nitrogens with two attached hydrogens (primary N) is 1. The third kappa shape index (κ3) is 5.52. The van der Waals surface area contributed by atoms with Crippen LogP contribution in [0.3, 0.4) is 0 Å². The summed E-state index contributed by atoms with van der Waals surface area (Å²) in [5, 5.41) is 17.0. The molecule has 0 radical (unpaired) electrons. The smallest absolute Gasteiger partial charge is 0.248 e. The predicted octanol–water partition coefficient (Wildman–Crippen LogP) is 2.03. The normalized spacial score (nSPS) is 12.0. The Labute approximate surface area is 168 Å². The number of aromatic nitrogens is 4. The Hall–Kier alpha value is -3.46. The molecule has 0 unspecified atom stereocenters. The van der Waals surface area contributed by atoms with Crippen LogP contribution in [-0.2, 0) is 11.3 Å². The zero-order valence-corrected chi connectivity index (χ0v) is 16.5. The number of carbonyl (C=O) groups excluding carboxylic acids is 1. The van der Waals surface area contributed by atoms with E-state index in [1.165, 1.54) is 4.68 Å². The van der Waals surface area contributed by atoms with Crippen LogP contribution < -0.4 is 15.8 Å². The zero-order chi connectivity index (χ0) is 21.0. The van der Waals surface area contributed by atoms with Crippen molar-refractivity contribution in [1.29, 1.82) is 0 Å². The van der Waals surface area contributed by atoms with Gasteiger partial charge in [-0.15, -0.1) is 0 Å². The van der Waals surface area contributed by atoms with Crippen molar-refractivity contribution in [3.05, 3.63) is 48.4 Å². The lowest BCUT2D eigenvalue weighted by Gasteiger charge is -2.11. The molecule has 3 aromatic rings. The van der Waals surface area contributed by atoms with Crippen molar-refractivity contribution in [2.24, 2.45) is 5.73 Å². The zero-order valence-electron chi connectivity index (χ0n) is 16.5. The molecule has 0 aliphatic carbocycles. The van der Waals surface area contributed by atoms with Gasteiger partial charge in [0.2, 0.25) is 17.7 Å². The van der Waals surface area contributed by atoms with Crippen LogP contribution in [0, 0.1) is 6.92 Å². The van der Waals surface area contributed by atoms with Gasteiger partial charge in [-0.3, -0.25) is 9.48 Å². The highest BCUT2D eigenvalue weighted by molar-refractivity contribution is 5.78. The van der Waals surface area contributed by atoms with Crippen LogP contribution in [-0.4, -0.2) is 43.0 Å². The first kappa shape index (κ1) is 20.3. The van der Waals surface area contributed by atoms with E-state index < -0.39 is 12.0 Å². The molecule has 4 N–H and O–H groups in total. The molecular formula is C20H24N6O3. The molecule has 1 atom stereocenters. The van der Waals surface area contributed by atoms with Crippen molar-refractivity contribution in [3.63, 3.8) is 0 Å². The molecule has 1 aromatic carbocycles. The minimum absolute atomic E-state index is 0.00272. The summed E-state index contributed by atoms with van der Waals surface area (Å²) in [6.07, 6.45) is 3.79. The first-order chi connectivity index (χ1) is 13.8. The fourth-order valence-corrected chi connectivity index (χ4v) is 2.74. The number of aliphatic hydroxyl groups excluding tert-OH is 1. The monoisotopic (exact) mass is 396 g/mol. The molecule has 2 heterocycles. The van der Waals surface area contributed by atoms with Crippen LogP contribution in [0.25, 0.3) is 11.1 Å². The lowest BCUT2D eigenvalue weighted by atomic mass is 10.1. The molecule has 0 fully saturated rings. The molecule has 0 aliphatic rings. The number of aryl methyl sites for hydroxylation is 1. The van der Waals surface area contributed by atoms with E-state index in [0.717, 1.165) is 22.4 Å². The Morgan fingerprint density at radius 3 is 2.83 bits per heavy atom. The van der Waals surface area contributed by atoms with Crippen molar-refractivity contribution in [2.75, 3.05) is 5.32 Å². The maximum absolute atomic E-state index is 11.0. The number of amides is 1. The van der Waals surface area contributed by atoms with Gasteiger partial charge in [0.25, 0.3) is 0 Å². The summed E-state index contributed by atoms with van der Waals surface area (Å²) < 4.78 is 7.09. The number of ether oxygens (including phenoxy) is 1. The fourth-order valence-electron chi connectivity index (χ4n) is 2.74. The van der Waals surface area contributed by atoms with E-state index in [2.05, 4.69) is 20.4 Å². The number of hydrogen-bond acceptors (Lipinski definition) is 7. The quantitative estimate of drug-likeness (QED) is 0.531. The number of nitrogens with one attached hydrogen (secondary N) is 1. The Balaban J connectivity index is 1.80. The summed E-state index contributed by atoms with van der Waals surface area (Å²) in [6.45, 7) is 5.85. The van der Waals surface area contributed by atoms with E-state index in [4.69, 9.17) is 10.5 Å². The Morgan fingerprint density at radius 1 is 1.31 bits per heavy atom. The van der Waals surface area contributed by atoms with Crippen LogP contribution in [0.2, 0.25) is 0 Å². The standard InChI is InChI=1S/C20H24N6O3/c1-12(2)29-18-4-5-22-20(25-18)24-16-7-13(3)6-14(8-16)15-9-23-26(10-15)11-17(27)19(21)28/h4-10,12,17,27H,11H2,1-3H3,(H2,21,28)(H,22,24,25)/t17-/m0/s1. The summed E-state index contributed by atoms with van der Waals surface area (Å²) in [6, 6.07) is 7.64. The van der Waals surface area contributed by atoms with Gasteiger partial charge < -0.3 is 20.9 Å². The molecule has 9 heteroatoms. The molecule has 2 aromatic heterocycles. The number of benzene rings is 1. The number of nitrogens with zero attached hydrogens (tertiary/aromatic N) is 4. The molecule has 1 amide bonds. The van der Waals surface area contributed by atoms with Crippen molar-refractivity contribution in [3.8, 4) is 17.0 Å². The van der Waals surface area contributed by atoms with E-state index in [9.17, 15) is 9.90 Å². The molecule has 0 aliphatic heterocycles. The first-order valence-corrected chi connectivity index (χ1v) is 9.19. The van der Waals surface area contributed by atoms with E-state index in [0.29, 0.717) is 11.8 Å². The largest absolute Gasteiger partial charge is 0.475 e. The van der Waals surface area contributed by atoms with Gasteiger partial charge in [-0.2, -0.15) is 10.1 Å². The lowest BCUT2D eigenvalue weighted by molar-refractivity contribution is -0.126. The Bertz CT molecular complexity index is 1000. The van der Waals surface area contributed by atoms with Gasteiger partial charge in [0.15, 0.2) is 6.10 Å². The maximum atomic E-state index is 11.0. The highest BCUT2D eigenvalue weighted by atomic mass is 16.5. The lowest BCUT2D eigenvalue weighted by Crippen LogP contribution is -2.32. The van der Waals surface area contributed by atoms with Crippen molar-refractivity contribution >= 4 is 17.5 Å². The van der Waals surface area contributed by atoms with Gasteiger partial charge in [0.05, 0.1) is 18.8 Å². The molecule has 29 heavy (non-hydrogen) atoms. The first-order valence-electron chi connectivity index (χ1n) is 9.19. The van der Waals surface area contributed by atoms with Gasteiger partial charge in [0, 0.05) is 29.7 Å². The van der Waals surface area contributed by atoms with Crippen LogP contribution in [0.4, 0.5) is 11.6 Å². The second kappa shape index (κ2) is 8.70. The second-order valence-electron chi connectivity index (χ2n) is 6.97. The number of hydrogen-bond donors (Lipinski definition) is 3. The van der Waals surface area contributed by atoms with E-state index in [-0.39, 0.29) is 12.6 Å². The number of anilines is 2. The van der Waals surface area contributed by atoms with Crippen LogP contribution in [0.1, 0.15) is 19.4 Å². The van der Waals surface area contributed by atoms with Gasteiger partial charge in [-0.05, 0) is 44.0 Å². The van der Waals surface area contributed by atoms with E-state index >= 15 is 0 Å². The molecule has 0 saturated heterocycles. The van der Waals surface area contributed by atoms with Crippen LogP contribution >= 0.6 is 0 Å². The van der Waals surface area contributed by atoms with Gasteiger partial charge in [0.1, 0.15) is 0 Å². The number of carbonyl (C=O) groups is 1. The molecule has 0 bridgehead atoms. The minimum atomic E-state index is -1.28. The van der Waals surface area contributed by atoms with Crippen LogP contribution in [0.15, 0.2) is 42.9 Å². The SMILES string of the molecule is Cc1cc(Nc2nccc(OC(C)C)n2)cc(-c2cnn(C[C@H](O)C(N)=O)c2)c1. The van der Waals surface area contributed by atoms with Crippen molar-refractivity contribution in [1.82, 2.24) is 19.7 Å². The third-order valence-electron chi connectivity index (χ3n) is 3.97. The van der Waals surface area contributed by atoms with Crippen LogP contribution in [0.5, 0.6) is 5.88 Å². The Kier molecular flexibility index (Phi) is 6.08. The molecule has 3 rings (SSSR count). The Morgan fingerprint density at radius 2 is 2.10 bits per heavy atom. The van der Waals surface area contributed by atoms with Gasteiger partial charge >= 0.3 is 0 Å². The molecule has 0 spiro atoms. The van der Waals surface area contributed by atoms with Gasteiger partial charge in [-0.1, -0.05) is 6.07 Å². The highest BCUT2D eigenvalue weighted by Crippen LogP contribution is 2.26. The maximum Gasteiger partial charge on any atom is 0.248 e. The highest BCUT2D eigenvalue weighted by Gasteiger charge is 2.13. The molecule has 9 nitrogen and oxygen atoms in total. The second-order valence-corrected chi connectivity index (χ2v) is 6.97.